The predicted octanol–water partition coefficient (Wildman–Crippen LogP) is 3.35. The quantitative estimate of drug-likeness (QED) is 0.821. The number of aromatic hydroxyl groups is 1. The summed E-state index contributed by atoms with van der Waals surface area (Å²) < 4.78 is 51.5. The molecule has 1 fully saturated rings. The van der Waals surface area contributed by atoms with Gasteiger partial charge in [-0.25, -0.2) is 4.39 Å². The van der Waals surface area contributed by atoms with Crippen LogP contribution in [0.25, 0.3) is 0 Å². The third-order valence-corrected chi connectivity index (χ3v) is 3.13. The van der Waals surface area contributed by atoms with Gasteiger partial charge < -0.3 is 10.8 Å². The SMILES string of the molecule is N[C@H](CC1CC1)c1c(C(F)(F)F)ccc(F)c1O. The normalized spacial score (nSPS) is 17.8. The highest BCUT2D eigenvalue weighted by Crippen LogP contribution is 2.43. The van der Waals surface area contributed by atoms with E-state index in [1.807, 2.05) is 0 Å². The van der Waals surface area contributed by atoms with Crippen LogP contribution >= 0.6 is 0 Å². The number of hydrogen-bond acceptors (Lipinski definition) is 2. The van der Waals surface area contributed by atoms with Gasteiger partial charge in [0.25, 0.3) is 0 Å². The molecule has 0 bridgehead atoms. The predicted molar refractivity (Wildman–Crippen MR) is 57.3 cm³/mol. The molecule has 18 heavy (non-hydrogen) atoms. The summed E-state index contributed by atoms with van der Waals surface area (Å²) in [5.74, 6) is -1.79. The van der Waals surface area contributed by atoms with Crippen LogP contribution in [0.2, 0.25) is 0 Å². The molecule has 2 rings (SSSR count). The summed E-state index contributed by atoms with van der Waals surface area (Å²) in [6.07, 6.45) is -2.47. The summed E-state index contributed by atoms with van der Waals surface area (Å²) in [7, 11) is 0. The highest BCUT2D eigenvalue weighted by Gasteiger charge is 2.38. The minimum absolute atomic E-state index is 0.281. The first-order valence-electron chi connectivity index (χ1n) is 5.65. The zero-order valence-electron chi connectivity index (χ0n) is 9.47. The number of phenolic OH excluding ortho intramolecular Hbond substituents is 1. The van der Waals surface area contributed by atoms with Gasteiger partial charge in [-0.15, -0.1) is 0 Å². The zero-order chi connectivity index (χ0) is 13.5. The third-order valence-electron chi connectivity index (χ3n) is 3.13. The van der Waals surface area contributed by atoms with Gasteiger partial charge in [-0.1, -0.05) is 12.8 Å². The van der Waals surface area contributed by atoms with Crippen LogP contribution in [0, 0.1) is 11.7 Å². The van der Waals surface area contributed by atoms with Crippen LogP contribution in [0.4, 0.5) is 17.6 Å². The van der Waals surface area contributed by atoms with Gasteiger partial charge in [-0.05, 0) is 24.5 Å². The van der Waals surface area contributed by atoms with Crippen molar-refractivity contribution < 1.29 is 22.7 Å². The molecule has 0 amide bonds. The third kappa shape index (κ3) is 2.58. The van der Waals surface area contributed by atoms with E-state index in [1.165, 1.54) is 0 Å². The van der Waals surface area contributed by atoms with E-state index >= 15 is 0 Å². The summed E-state index contributed by atoms with van der Waals surface area (Å²) in [4.78, 5) is 0. The van der Waals surface area contributed by atoms with Crippen molar-refractivity contribution in [3.63, 3.8) is 0 Å². The number of hydrogen-bond donors (Lipinski definition) is 2. The molecular formula is C12H13F4NO. The van der Waals surface area contributed by atoms with Gasteiger partial charge in [0, 0.05) is 11.6 Å². The molecule has 1 aliphatic carbocycles. The number of rotatable bonds is 3. The lowest BCUT2D eigenvalue weighted by Crippen LogP contribution is -2.18. The standard InChI is InChI=1S/C12H13F4NO/c13-8-4-3-7(12(14,15)16)10(11(8)18)9(17)5-6-1-2-6/h3-4,6,9,18H,1-2,5,17H2/t9-/m1/s1. The fraction of sp³-hybridized carbons (Fsp3) is 0.500. The Morgan fingerprint density at radius 1 is 1.33 bits per heavy atom. The fourth-order valence-corrected chi connectivity index (χ4v) is 2.03. The van der Waals surface area contributed by atoms with Crippen molar-refractivity contribution in [1.82, 2.24) is 0 Å². The number of phenols is 1. The minimum atomic E-state index is -4.65. The van der Waals surface area contributed by atoms with Gasteiger partial charge in [0.05, 0.1) is 5.56 Å². The van der Waals surface area contributed by atoms with Crippen molar-refractivity contribution in [2.45, 2.75) is 31.5 Å². The molecule has 1 aliphatic rings. The van der Waals surface area contributed by atoms with Gasteiger partial charge in [-0.3, -0.25) is 0 Å². The Morgan fingerprint density at radius 2 is 1.94 bits per heavy atom. The Morgan fingerprint density at radius 3 is 2.44 bits per heavy atom. The van der Waals surface area contributed by atoms with E-state index in [4.69, 9.17) is 5.73 Å². The maximum Gasteiger partial charge on any atom is 0.416 e. The van der Waals surface area contributed by atoms with Crippen molar-refractivity contribution in [1.29, 1.82) is 0 Å². The van der Waals surface area contributed by atoms with Crippen LogP contribution in [0.5, 0.6) is 5.75 Å². The van der Waals surface area contributed by atoms with Crippen LogP contribution in [0.15, 0.2) is 12.1 Å². The maximum absolute atomic E-state index is 13.2. The molecule has 3 N–H and O–H groups in total. The molecule has 0 spiro atoms. The second kappa shape index (κ2) is 4.42. The first-order chi connectivity index (χ1) is 8.30. The molecule has 0 heterocycles. The lowest BCUT2D eigenvalue weighted by molar-refractivity contribution is -0.138. The van der Waals surface area contributed by atoms with Crippen molar-refractivity contribution in [2.24, 2.45) is 11.7 Å². The molecule has 0 aromatic heterocycles. The second-order valence-corrected chi connectivity index (χ2v) is 4.64. The van der Waals surface area contributed by atoms with Crippen molar-refractivity contribution in [3.05, 3.63) is 29.1 Å². The topological polar surface area (TPSA) is 46.2 Å². The summed E-state index contributed by atoms with van der Waals surface area (Å²) in [5, 5.41) is 9.49. The largest absolute Gasteiger partial charge is 0.505 e. The van der Waals surface area contributed by atoms with Crippen LogP contribution in [0.3, 0.4) is 0 Å². The molecule has 1 atom stereocenters. The first-order valence-corrected chi connectivity index (χ1v) is 5.65. The number of alkyl halides is 3. The van der Waals surface area contributed by atoms with E-state index in [1.54, 1.807) is 0 Å². The lowest BCUT2D eigenvalue weighted by atomic mass is 9.95. The summed E-state index contributed by atoms with van der Waals surface area (Å²) >= 11 is 0. The second-order valence-electron chi connectivity index (χ2n) is 4.64. The molecule has 1 saturated carbocycles. The zero-order valence-corrected chi connectivity index (χ0v) is 9.47. The molecule has 2 nitrogen and oxygen atoms in total. The van der Waals surface area contributed by atoms with E-state index in [-0.39, 0.29) is 5.92 Å². The van der Waals surface area contributed by atoms with Crippen LogP contribution in [0.1, 0.15) is 36.4 Å². The van der Waals surface area contributed by atoms with Gasteiger partial charge in [-0.2, -0.15) is 13.2 Å². The van der Waals surface area contributed by atoms with Crippen molar-refractivity contribution in [3.8, 4) is 5.75 Å². The maximum atomic E-state index is 13.2. The molecule has 1 aromatic rings. The molecule has 100 valence electrons. The molecule has 0 radical (unpaired) electrons. The summed E-state index contributed by atoms with van der Waals surface area (Å²) in [6.45, 7) is 0. The highest BCUT2D eigenvalue weighted by molar-refractivity contribution is 5.44. The Bertz CT molecular complexity index is 454. The fourth-order valence-electron chi connectivity index (χ4n) is 2.03. The number of nitrogens with two attached hydrogens (primary N) is 1. The Balaban J connectivity index is 2.43. The van der Waals surface area contributed by atoms with E-state index in [9.17, 15) is 22.7 Å². The molecule has 1 aromatic carbocycles. The monoisotopic (exact) mass is 263 g/mol. The lowest BCUT2D eigenvalue weighted by Gasteiger charge is -2.19. The smallest absolute Gasteiger partial charge is 0.416 e. The molecule has 0 aliphatic heterocycles. The van der Waals surface area contributed by atoms with Gasteiger partial charge in [0.15, 0.2) is 11.6 Å². The van der Waals surface area contributed by atoms with Crippen molar-refractivity contribution >= 4 is 0 Å². The average Bonchev–Trinajstić information content (AvgIpc) is 3.03. The van der Waals surface area contributed by atoms with Crippen LogP contribution in [-0.4, -0.2) is 5.11 Å². The molecule has 6 heteroatoms. The average molecular weight is 263 g/mol. The van der Waals surface area contributed by atoms with Gasteiger partial charge in [0.2, 0.25) is 0 Å². The van der Waals surface area contributed by atoms with Crippen LogP contribution < -0.4 is 5.73 Å². The van der Waals surface area contributed by atoms with Gasteiger partial charge >= 0.3 is 6.18 Å². The Hall–Kier alpha value is -1.30. The van der Waals surface area contributed by atoms with Crippen molar-refractivity contribution in [2.75, 3.05) is 0 Å². The summed E-state index contributed by atoms with van der Waals surface area (Å²) in [6, 6.07) is 0.229. The van der Waals surface area contributed by atoms with E-state index in [0.29, 0.717) is 18.6 Å². The number of benzene rings is 1. The minimum Gasteiger partial charge on any atom is -0.505 e. The van der Waals surface area contributed by atoms with E-state index < -0.39 is 34.9 Å². The molecule has 0 unspecified atom stereocenters. The number of halogens is 4. The highest BCUT2D eigenvalue weighted by atomic mass is 19.4. The Labute approximate surface area is 101 Å². The molecular weight excluding hydrogens is 250 g/mol. The first kappa shape index (κ1) is 13.1. The van der Waals surface area contributed by atoms with Crippen LogP contribution in [-0.2, 0) is 6.18 Å². The summed E-state index contributed by atoms with van der Waals surface area (Å²) in [5.41, 5.74) is 4.08. The van der Waals surface area contributed by atoms with Gasteiger partial charge in [0.1, 0.15) is 0 Å². The Kier molecular flexibility index (Phi) is 3.23. The van der Waals surface area contributed by atoms with E-state index in [0.717, 1.165) is 12.8 Å². The molecule has 0 saturated heterocycles. The van der Waals surface area contributed by atoms with E-state index in [2.05, 4.69) is 0 Å².